The van der Waals surface area contributed by atoms with Gasteiger partial charge in [-0.1, -0.05) is 48.2 Å². The van der Waals surface area contributed by atoms with Crippen LogP contribution < -0.4 is 15.4 Å². The summed E-state index contributed by atoms with van der Waals surface area (Å²) in [5.74, 6) is 0.463. The van der Waals surface area contributed by atoms with E-state index in [4.69, 9.17) is 23.2 Å². The molecule has 1 aliphatic carbocycles. The van der Waals surface area contributed by atoms with Crippen molar-refractivity contribution in [1.29, 1.82) is 0 Å². The largest absolute Gasteiger partial charge is 0.573 e. The molecule has 0 spiro atoms. The maximum atomic E-state index is 12.7. The third-order valence-corrected chi connectivity index (χ3v) is 5.53. The number of ether oxygens (including phenoxy) is 1. The molecule has 5 nitrogen and oxygen atoms in total. The average Bonchev–Trinajstić information content (AvgIpc) is 3.22. The summed E-state index contributed by atoms with van der Waals surface area (Å²) >= 11 is 12.3. The molecule has 1 heterocycles. The molecule has 0 bridgehead atoms. The fraction of sp³-hybridized carbons (Fsp3) is 0.273. The molecule has 0 aliphatic heterocycles. The van der Waals surface area contributed by atoms with Gasteiger partial charge in [-0.25, -0.2) is 4.98 Å². The van der Waals surface area contributed by atoms with Crippen molar-refractivity contribution in [2.24, 2.45) is 0 Å². The Morgan fingerprint density at radius 2 is 1.75 bits per heavy atom. The van der Waals surface area contributed by atoms with Gasteiger partial charge in [-0.2, -0.15) is 4.98 Å². The number of hydrogen-bond donors (Lipinski definition) is 2. The van der Waals surface area contributed by atoms with Crippen LogP contribution in [-0.4, -0.2) is 22.4 Å². The van der Waals surface area contributed by atoms with E-state index in [-0.39, 0.29) is 11.8 Å². The number of anilines is 3. The molecule has 0 amide bonds. The van der Waals surface area contributed by atoms with E-state index in [2.05, 4.69) is 25.3 Å². The van der Waals surface area contributed by atoms with Crippen LogP contribution in [0.15, 0.2) is 48.5 Å². The van der Waals surface area contributed by atoms with Crippen molar-refractivity contribution in [3.8, 4) is 17.0 Å². The molecule has 1 aliphatic rings. The molecule has 10 heteroatoms. The molecule has 0 unspecified atom stereocenters. The quantitative estimate of drug-likeness (QED) is 0.382. The van der Waals surface area contributed by atoms with E-state index in [0.29, 0.717) is 38.8 Å². The Morgan fingerprint density at radius 1 is 0.969 bits per heavy atom. The number of alkyl halides is 3. The third kappa shape index (κ3) is 5.95. The molecule has 1 aromatic heterocycles. The Labute approximate surface area is 192 Å². The second-order valence-corrected chi connectivity index (χ2v) is 8.26. The molecule has 4 rings (SSSR count). The Morgan fingerprint density at radius 3 is 2.50 bits per heavy atom. The van der Waals surface area contributed by atoms with Crippen LogP contribution in [0.4, 0.5) is 30.6 Å². The highest BCUT2D eigenvalue weighted by molar-refractivity contribution is 6.35. The Balaban J connectivity index is 1.70. The van der Waals surface area contributed by atoms with Crippen molar-refractivity contribution < 1.29 is 17.9 Å². The van der Waals surface area contributed by atoms with E-state index in [9.17, 15) is 13.2 Å². The first-order chi connectivity index (χ1) is 15.2. The van der Waals surface area contributed by atoms with E-state index < -0.39 is 6.36 Å². The highest BCUT2D eigenvalue weighted by atomic mass is 35.5. The smallest absolute Gasteiger partial charge is 0.406 e. The second-order valence-electron chi connectivity index (χ2n) is 7.41. The normalized spacial score (nSPS) is 14.4. The van der Waals surface area contributed by atoms with Crippen LogP contribution in [0.25, 0.3) is 11.3 Å². The summed E-state index contributed by atoms with van der Waals surface area (Å²) in [5.41, 5.74) is 1.42. The number of halogens is 5. The summed E-state index contributed by atoms with van der Waals surface area (Å²) in [6.45, 7) is 0. The molecule has 168 valence electrons. The van der Waals surface area contributed by atoms with Gasteiger partial charge in [-0.3, -0.25) is 0 Å². The van der Waals surface area contributed by atoms with E-state index in [1.54, 1.807) is 30.3 Å². The van der Waals surface area contributed by atoms with Crippen molar-refractivity contribution in [1.82, 2.24) is 9.97 Å². The molecule has 1 fully saturated rings. The van der Waals surface area contributed by atoms with Crippen LogP contribution in [-0.2, 0) is 0 Å². The average molecular weight is 483 g/mol. The van der Waals surface area contributed by atoms with Crippen LogP contribution in [0.5, 0.6) is 5.75 Å². The highest BCUT2D eigenvalue weighted by Crippen LogP contribution is 2.32. The second kappa shape index (κ2) is 9.42. The number of nitrogens with zero attached hydrogens (tertiary/aromatic N) is 2. The first-order valence-corrected chi connectivity index (χ1v) is 10.7. The number of rotatable bonds is 6. The molecular formula is C22H19Cl2F3N4O. The molecule has 2 N–H and O–H groups in total. The summed E-state index contributed by atoms with van der Waals surface area (Å²) in [6.07, 6.45) is -0.527. The molecule has 32 heavy (non-hydrogen) atoms. The number of hydrogen-bond acceptors (Lipinski definition) is 5. The molecule has 0 radical (unpaired) electrons. The predicted octanol–water partition coefficient (Wildman–Crippen LogP) is 7.45. The zero-order valence-corrected chi connectivity index (χ0v) is 18.2. The summed E-state index contributed by atoms with van der Waals surface area (Å²) < 4.78 is 42.0. The maximum Gasteiger partial charge on any atom is 0.573 e. The van der Waals surface area contributed by atoms with Gasteiger partial charge in [0.2, 0.25) is 5.95 Å². The van der Waals surface area contributed by atoms with E-state index in [0.717, 1.165) is 25.7 Å². The molecule has 1 saturated carbocycles. The van der Waals surface area contributed by atoms with Gasteiger partial charge in [0.25, 0.3) is 0 Å². The van der Waals surface area contributed by atoms with E-state index in [1.807, 2.05) is 0 Å². The van der Waals surface area contributed by atoms with Crippen molar-refractivity contribution in [2.45, 2.75) is 38.1 Å². The van der Waals surface area contributed by atoms with E-state index in [1.165, 1.54) is 18.2 Å². The number of aromatic nitrogens is 2. The predicted molar refractivity (Wildman–Crippen MR) is 120 cm³/mol. The van der Waals surface area contributed by atoms with Crippen LogP contribution >= 0.6 is 23.2 Å². The first-order valence-electron chi connectivity index (χ1n) is 9.99. The third-order valence-electron chi connectivity index (χ3n) is 4.97. The number of benzene rings is 2. The van der Waals surface area contributed by atoms with Gasteiger partial charge in [0, 0.05) is 22.7 Å². The minimum Gasteiger partial charge on any atom is -0.406 e. The van der Waals surface area contributed by atoms with Gasteiger partial charge in [-0.15, -0.1) is 13.2 Å². The SMILES string of the molecule is FC(F)(F)Oc1cccc(-c2cc(Nc3cc(Cl)ccc3Cl)nc(NC3CCCC3)n2)c1. The van der Waals surface area contributed by atoms with Crippen molar-refractivity contribution >= 4 is 40.7 Å². The summed E-state index contributed by atoms with van der Waals surface area (Å²) in [6, 6.07) is 12.5. The summed E-state index contributed by atoms with van der Waals surface area (Å²) in [4.78, 5) is 9.05. The summed E-state index contributed by atoms with van der Waals surface area (Å²) in [5, 5.41) is 7.38. The molecule has 3 aromatic rings. The molecule has 0 atom stereocenters. The lowest BCUT2D eigenvalue weighted by Crippen LogP contribution is -2.17. The van der Waals surface area contributed by atoms with Crippen LogP contribution in [0.1, 0.15) is 25.7 Å². The molecule has 0 saturated heterocycles. The lowest BCUT2D eigenvalue weighted by atomic mass is 10.1. The monoisotopic (exact) mass is 482 g/mol. The Hall–Kier alpha value is -2.71. The minimum atomic E-state index is -4.78. The van der Waals surface area contributed by atoms with Gasteiger partial charge in [0.1, 0.15) is 11.6 Å². The minimum absolute atomic E-state index is 0.243. The van der Waals surface area contributed by atoms with Gasteiger partial charge in [0.15, 0.2) is 0 Å². The standard InChI is InChI=1S/C22H19Cl2F3N4O/c23-14-8-9-17(24)19(11-14)29-20-12-18(30-21(31-20)28-15-5-1-2-6-15)13-4-3-7-16(10-13)32-22(25,26)27/h3-4,7-12,15H,1-2,5-6H2,(H2,28,29,30,31). The van der Waals surface area contributed by atoms with Crippen LogP contribution in [0.2, 0.25) is 10.0 Å². The zero-order valence-electron chi connectivity index (χ0n) is 16.7. The highest BCUT2D eigenvalue weighted by Gasteiger charge is 2.31. The number of nitrogens with one attached hydrogen (secondary N) is 2. The summed E-state index contributed by atoms with van der Waals surface area (Å²) in [7, 11) is 0. The maximum absolute atomic E-state index is 12.7. The van der Waals surface area contributed by atoms with Gasteiger partial charge in [0.05, 0.1) is 16.4 Å². The van der Waals surface area contributed by atoms with Crippen molar-refractivity contribution in [2.75, 3.05) is 10.6 Å². The Kier molecular flexibility index (Phi) is 6.62. The van der Waals surface area contributed by atoms with E-state index >= 15 is 0 Å². The zero-order chi connectivity index (χ0) is 22.7. The van der Waals surface area contributed by atoms with Crippen molar-refractivity contribution in [3.05, 3.63) is 58.6 Å². The van der Waals surface area contributed by atoms with Crippen molar-refractivity contribution in [3.63, 3.8) is 0 Å². The van der Waals surface area contributed by atoms with Gasteiger partial charge < -0.3 is 15.4 Å². The first kappa shape index (κ1) is 22.5. The fourth-order valence-corrected chi connectivity index (χ4v) is 3.90. The van der Waals surface area contributed by atoms with Crippen LogP contribution in [0.3, 0.4) is 0 Å². The fourth-order valence-electron chi connectivity index (χ4n) is 3.56. The lowest BCUT2D eigenvalue weighted by molar-refractivity contribution is -0.274. The Bertz CT molecular complexity index is 1100. The molecular weight excluding hydrogens is 464 g/mol. The lowest BCUT2D eigenvalue weighted by Gasteiger charge is -2.16. The van der Waals surface area contributed by atoms with Gasteiger partial charge >= 0.3 is 6.36 Å². The van der Waals surface area contributed by atoms with Crippen LogP contribution in [0, 0.1) is 0 Å². The van der Waals surface area contributed by atoms with Gasteiger partial charge in [-0.05, 0) is 43.2 Å². The molecule has 2 aromatic carbocycles. The topological polar surface area (TPSA) is 59.1 Å².